The monoisotopic (exact) mass is 425 g/mol. The highest BCUT2D eigenvalue weighted by atomic mass is 79.9. The summed E-state index contributed by atoms with van der Waals surface area (Å²) in [5.74, 6) is -0.639. The minimum atomic E-state index is -0.729. The highest BCUT2D eigenvalue weighted by molar-refractivity contribution is 9.10. The van der Waals surface area contributed by atoms with Crippen LogP contribution < -0.4 is 4.74 Å². The zero-order chi connectivity index (χ0) is 19.4. The average molecular weight is 426 g/mol. The van der Waals surface area contributed by atoms with Crippen LogP contribution in [0.5, 0.6) is 5.75 Å². The van der Waals surface area contributed by atoms with Crippen LogP contribution in [0.1, 0.15) is 26.3 Å². The van der Waals surface area contributed by atoms with Crippen LogP contribution in [0.4, 0.5) is 5.69 Å². The molecule has 0 amide bonds. The number of nitro benzene ring substituents is 1. The second kappa shape index (κ2) is 7.92. The molecule has 27 heavy (non-hydrogen) atoms. The summed E-state index contributed by atoms with van der Waals surface area (Å²) in [5, 5.41) is 11.0. The molecule has 0 saturated carbocycles. The molecule has 0 fully saturated rings. The van der Waals surface area contributed by atoms with E-state index in [-0.39, 0.29) is 27.3 Å². The summed E-state index contributed by atoms with van der Waals surface area (Å²) < 4.78 is 5.50. The van der Waals surface area contributed by atoms with Gasteiger partial charge in [-0.3, -0.25) is 14.9 Å². The van der Waals surface area contributed by atoms with Gasteiger partial charge < -0.3 is 4.74 Å². The molecule has 0 atom stereocenters. The number of halogens is 1. The van der Waals surface area contributed by atoms with Crippen LogP contribution in [-0.4, -0.2) is 16.7 Å². The minimum Gasteiger partial charge on any atom is -0.423 e. The van der Waals surface area contributed by atoms with Gasteiger partial charge in [-0.25, -0.2) is 4.79 Å². The third-order valence-corrected chi connectivity index (χ3v) is 4.41. The van der Waals surface area contributed by atoms with E-state index in [0.29, 0.717) is 11.1 Å². The van der Waals surface area contributed by atoms with Gasteiger partial charge in [0.05, 0.1) is 15.0 Å². The molecule has 6 nitrogen and oxygen atoms in total. The van der Waals surface area contributed by atoms with Crippen molar-refractivity contribution in [3.63, 3.8) is 0 Å². The van der Waals surface area contributed by atoms with Crippen molar-refractivity contribution < 1.29 is 19.2 Å². The second-order valence-electron chi connectivity index (χ2n) is 5.53. The Labute approximate surface area is 162 Å². The van der Waals surface area contributed by atoms with Gasteiger partial charge in [0.1, 0.15) is 5.75 Å². The molecule has 0 spiro atoms. The van der Waals surface area contributed by atoms with E-state index in [1.165, 1.54) is 24.3 Å². The first-order valence-electron chi connectivity index (χ1n) is 7.81. The Kier molecular flexibility index (Phi) is 5.42. The van der Waals surface area contributed by atoms with Crippen molar-refractivity contribution in [1.29, 1.82) is 0 Å². The first-order valence-corrected chi connectivity index (χ1v) is 8.61. The van der Waals surface area contributed by atoms with Crippen molar-refractivity contribution in [1.82, 2.24) is 0 Å². The maximum atomic E-state index is 12.4. The molecule has 0 bridgehead atoms. The van der Waals surface area contributed by atoms with Gasteiger partial charge in [-0.1, -0.05) is 30.3 Å². The van der Waals surface area contributed by atoms with Crippen molar-refractivity contribution in [2.75, 3.05) is 0 Å². The Morgan fingerprint density at radius 1 is 0.852 bits per heavy atom. The van der Waals surface area contributed by atoms with Crippen molar-refractivity contribution >= 4 is 33.4 Å². The number of hydrogen-bond donors (Lipinski definition) is 0. The summed E-state index contributed by atoms with van der Waals surface area (Å²) >= 11 is 3.06. The molecule has 0 aliphatic rings. The number of esters is 1. The summed E-state index contributed by atoms with van der Waals surface area (Å²) in [5.41, 5.74) is 0.840. The Bertz CT molecular complexity index is 1020. The molecule has 0 heterocycles. The van der Waals surface area contributed by atoms with E-state index >= 15 is 0 Å². The standard InChI is InChI=1S/C20H12BrNO5/c21-17-11-8-15(12-18(17)22(25)26)20(24)27-16-9-6-14(7-10-16)19(23)13-4-2-1-3-5-13/h1-12H. The third-order valence-electron chi connectivity index (χ3n) is 3.74. The summed E-state index contributed by atoms with van der Waals surface area (Å²) in [4.78, 5) is 34.9. The zero-order valence-electron chi connectivity index (χ0n) is 13.8. The van der Waals surface area contributed by atoms with E-state index in [4.69, 9.17) is 4.74 Å². The van der Waals surface area contributed by atoms with Gasteiger partial charge in [-0.15, -0.1) is 0 Å². The predicted molar refractivity (Wildman–Crippen MR) is 102 cm³/mol. The number of nitro groups is 1. The Balaban J connectivity index is 1.75. The van der Waals surface area contributed by atoms with Crippen molar-refractivity contribution in [2.24, 2.45) is 0 Å². The molecular formula is C20H12BrNO5. The van der Waals surface area contributed by atoms with Crippen LogP contribution in [0.2, 0.25) is 0 Å². The van der Waals surface area contributed by atoms with Crippen molar-refractivity contribution in [3.8, 4) is 5.75 Å². The second-order valence-corrected chi connectivity index (χ2v) is 6.39. The molecule has 134 valence electrons. The predicted octanol–water partition coefficient (Wildman–Crippen LogP) is 4.81. The molecule has 7 heteroatoms. The van der Waals surface area contributed by atoms with E-state index in [9.17, 15) is 19.7 Å². The number of ketones is 1. The number of rotatable bonds is 5. The molecule has 3 aromatic rings. The van der Waals surface area contributed by atoms with E-state index in [2.05, 4.69) is 15.9 Å². The van der Waals surface area contributed by atoms with Gasteiger partial charge in [-0.2, -0.15) is 0 Å². The van der Waals surface area contributed by atoms with Crippen LogP contribution in [0.25, 0.3) is 0 Å². The molecule has 0 radical (unpaired) electrons. The van der Waals surface area contributed by atoms with Crippen molar-refractivity contribution in [2.45, 2.75) is 0 Å². The molecule has 0 N–H and O–H groups in total. The van der Waals surface area contributed by atoms with Crippen LogP contribution in [0.15, 0.2) is 77.3 Å². The number of nitrogens with zero attached hydrogens (tertiary/aromatic N) is 1. The Morgan fingerprint density at radius 3 is 2.07 bits per heavy atom. The molecule has 0 unspecified atom stereocenters. The lowest BCUT2D eigenvalue weighted by atomic mass is 10.0. The molecule has 0 aliphatic heterocycles. The number of carbonyl (C=O) groups excluding carboxylic acids is 2. The molecule has 0 aliphatic carbocycles. The van der Waals surface area contributed by atoms with Crippen LogP contribution in [0.3, 0.4) is 0 Å². The summed E-state index contributed by atoms with van der Waals surface area (Å²) in [7, 11) is 0. The van der Waals surface area contributed by atoms with E-state index in [0.717, 1.165) is 6.07 Å². The highest BCUT2D eigenvalue weighted by Crippen LogP contribution is 2.26. The summed E-state index contributed by atoms with van der Waals surface area (Å²) in [6.45, 7) is 0. The van der Waals surface area contributed by atoms with Gasteiger partial charge in [-0.05, 0) is 52.3 Å². The Hall–Kier alpha value is -3.32. The smallest absolute Gasteiger partial charge is 0.343 e. The molecule has 0 aromatic heterocycles. The number of carbonyl (C=O) groups is 2. The summed E-state index contributed by atoms with van der Waals surface area (Å²) in [6, 6.07) is 18.9. The van der Waals surface area contributed by atoms with Crippen LogP contribution in [0, 0.1) is 10.1 Å². The lowest BCUT2D eigenvalue weighted by Crippen LogP contribution is -2.09. The average Bonchev–Trinajstić information content (AvgIpc) is 2.68. The largest absolute Gasteiger partial charge is 0.423 e. The maximum absolute atomic E-state index is 12.4. The lowest BCUT2D eigenvalue weighted by molar-refractivity contribution is -0.385. The van der Waals surface area contributed by atoms with Gasteiger partial charge in [0.2, 0.25) is 0 Å². The molecule has 0 saturated heterocycles. The summed E-state index contributed by atoms with van der Waals surface area (Å²) in [6.07, 6.45) is 0. The SMILES string of the molecule is O=C(Oc1ccc(C(=O)c2ccccc2)cc1)c1ccc(Br)c([N+](=O)[O-])c1. The number of ether oxygens (including phenoxy) is 1. The number of hydrogen-bond acceptors (Lipinski definition) is 5. The van der Waals surface area contributed by atoms with Gasteiger partial charge in [0.15, 0.2) is 5.78 Å². The lowest BCUT2D eigenvalue weighted by Gasteiger charge is -2.06. The maximum Gasteiger partial charge on any atom is 0.343 e. The minimum absolute atomic E-state index is 0.0503. The van der Waals surface area contributed by atoms with Crippen LogP contribution >= 0.6 is 15.9 Å². The van der Waals surface area contributed by atoms with E-state index in [1.807, 2.05) is 6.07 Å². The van der Waals surface area contributed by atoms with Gasteiger partial charge in [0, 0.05) is 17.2 Å². The van der Waals surface area contributed by atoms with E-state index < -0.39 is 10.9 Å². The third kappa shape index (κ3) is 4.27. The molecule has 3 aromatic carbocycles. The fourth-order valence-corrected chi connectivity index (χ4v) is 2.77. The van der Waals surface area contributed by atoms with Crippen molar-refractivity contribution in [3.05, 3.63) is 104 Å². The fourth-order valence-electron chi connectivity index (χ4n) is 2.38. The van der Waals surface area contributed by atoms with Crippen LogP contribution in [-0.2, 0) is 0 Å². The molecular weight excluding hydrogens is 414 g/mol. The first kappa shape index (κ1) is 18.5. The highest BCUT2D eigenvalue weighted by Gasteiger charge is 2.17. The van der Waals surface area contributed by atoms with Gasteiger partial charge >= 0.3 is 5.97 Å². The molecule has 3 rings (SSSR count). The normalized spacial score (nSPS) is 10.3. The van der Waals surface area contributed by atoms with Gasteiger partial charge in [0.25, 0.3) is 5.69 Å². The number of benzene rings is 3. The fraction of sp³-hybridized carbons (Fsp3) is 0. The zero-order valence-corrected chi connectivity index (χ0v) is 15.4. The topological polar surface area (TPSA) is 86.5 Å². The first-order chi connectivity index (χ1) is 13.0. The van der Waals surface area contributed by atoms with E-state index in [1.54, 1.807) is 36.4 Å². The Morgan fingerprint density at radius 2 is 1.44 bits per heavy atom. The quantitative estimate of drug-likeness (QED) is 0.192.